The van der Waals surface area contributed by atoms with Gasteiger partial charge < -0.3 is 10.2 Å². The third-order valence-corrected chi connectivity index (χ3v) is 3.77. The Bertz CT molecular complexity index is 548. The molecule has 0 radical (unpaired) electrons. The third-order valence-electron chi connectivity index (χ3n) is 3.77. The smallest absolute Gasteiger partial charge is 0.0705 e. The summed E-state index contributed by atoms with van der Waals surface area (Å²) in [6.45, 7) is 3.00. The van der Waals surface area contributed by atoms with Crippen LogP contribution in [0.1, 0.15) is 18.5 Å². The van der Waals surface area contributed by atoms with E-state index in [4.69, 9.17) is 0 Å². The first-order valence-electron chi connectivity index (χ1n) is 7.08. The monoisotopic (exact) mass is 255 g/mol. The van der Waals surface area contributed by atoms with Crippen molar-refractivity contribution in [3.8, 4) is 0 Å². The summed E-state index contributed by atoms with van der Waals surface area (Å²) < 4.78 is 0. The highest BCUT2D eigenvalue weighted by atomic mass is 15.2. The lowest BCUT2D eigenvalue weighted by atomic mass is 10.2. The normalized spacial score (nSPS) is 15.3. The predicted octanol–water partition coefficient (Wildman–Crippen LogP) is 2.42. The molecule has 1 aliphatic carbocycles. The summed E-state index contributed by atoms with van der Waals surface area (Å²) in [6, 6.07) is 13.4. The molecule has 1 aromatic carbocycles. The molecule has 2 aromatic rings. The molecule has 0 spiro atoms. The van der Waals surface area contributed by atoms with Crippen molar-refractivity contribution in [1.82, 2.24) is 15.2 Å². The van der Waals surface area contributed by atoms with Crippen LogP contribution in [0.3, 0.4) is 0 Å². The number of nitrogens with zero attached hydrogens (tertiary/aromatic N) is 2. The first kappa shape index (κ1) is 12.6. The number of hydrogen-bond donors (Lipinski definition) is 1. The molecule has 0 unspecified atom stereocenters. The van der Waals surface area contributed by atoms with Crippen molar-refractivity contribution >= 4 is 10.9 Å². The largest absolute Gasteiger partial charge is 0.310 e. The van der Waals surface area contributed by atoms with Gasteiger partial charge in [-0.2, -0.15) is 0 Å². The Morgan fingerprint density at radius 2 is 2.05 bits per heavy atom. The van der Waals surface area contributed by atoms with Gasteiger partial charge in [0, 0.05) is 31.1 Å². The molecular weight excluding hydrogens is 234 g/mol. The molecule has 1 N–H and O–H groups in total. The van der Waals surface area contributed by atoms with Gasteiger partial charge in [0.05, 0.1) is 11.2 Å². The molecule has 0 aliphatic heterocycles. The molecule has 19 heavy (non-hydrogen) atoms. The number of aromatic nitrogens is 1. The molecule has 1 fully saturated rings. The first-order chi connectivity index (χ1) is 9.33. The Hall–Kier alpha value is -1.45. The SMILES string of the molecule is CN(CCNCc1ccc2ccccc2n1)C1CC1. The van der Waals surface area contributed by atoms with Crippen molar-refractivity contribution in [3.63, 3.8) is 0 Å². The van der Waals surface area contributed by atoms with E-state index in [0.717, 1.165) is 36.9 Å². The quantitative estimate of drug-likeness (QED) is 0.804. The Kier molecular flexibility index (Phi) is 3.76. The van der Waals surface area contributed by atoms with Crippen LogP contribution in [-0.4, -0.2) is 36.1 Å². The van der Waals surface area contributed by atoms with Crippen LogP contribution in [0.4, 0.5) is 0 Å². The number of para-hydroxylation sites is 1. The van der Waals surface area contributed by atoms with E-state index in [9.17, 15) is 0 Å². The molecule has 1 aliphatic rings. The highest BCUT2D eigenvalue weighted by Crippen LogP contribution is 2.24. The van der Waals surface area contributed by atoms with Crippen LogP contribution in [0.15, 0.2) is 36.4 Å². The third kappa shape index (κ3) is 3.31. The van der Waals surface area contributed by atoms with E-state index in [-0.39, 0.29) is 0 Å². The van der Waals surface area contributed by atoms with Crippen LogP contribution in [0.5, 0.6) is 0 Å². The Morgan fingerprint density at radius 1 is 1.21 bits per heavy atom. The van der Waals surface area contributed by atoms with E-state index in [1.165, 1.54) is 18.2 Å². The van der Waals surface area contributed by atoms with Gasteiger partial charge in [-0.1, -0.05) is 24.3 Å². The molecule has 0 amide bonds. The van der Waals surface area contributed by atoms with Crippen molar-refractivity contribution in [1.29, 1.82) is 0 Å². The van der Waals surface area contributed by atoms with Crippen LogP contribution >= 0.6 is 0 Å². The van der Waals surface area contributed by atoms with E-state index < -0.39 is 0 Å². The van der Waals surface area contributed by atoms with Gasteiger partial charge in [0.1, 0.15) is 0 Å². The van der Waals surface area contributed by atoms with Gasteiger partial charge >= 0.3 is 0 Å². The van der Waals surface area contributed by atoms with Crippen molar-refractivity contribution in [3.05, 3.63) is 42.1 Å². The van der Waals surface area contributed by atoms with Crippen LogP contribution in [0.25, 0.3) is 10.9 Å². The molecule has 1 saturated carbocycles. The Morgan fingerprint density at radius 3 is 2.89 bits per heavy atom. The Balaban J connectivity index is 1.50. The standard InChI is InChI=1S/C16H21N3/c1-19(15-8-9-15)11-10-17-12-14-7-6-13-4-2-3-5-16(13)18-14/h2-7,15,17H,8-12H2,1H3. The minimum atomic E-state index is 0.848. The second kappa shape index (κ2) is 5.68. The number of rotatable bonds is 6. The number of hydrogen-bond acceptors (Lipinski definition) is 3. The topological polar surface area (TPSA) is 28.2 Å². The molecule has 1 aromatic heterocycles. The zero-order valence-electron chi connectivity index (χ0n) is 11.5. The second-order valence-corrected chi connectivity index (χ2v) is 5.38. The second-order valence-electron chi connectivity index (χ2n) is 5.38. The highest BCUT2D eigenvalue weighted by Gasteiger charge is 2.25. The van der Waals surface area contributed by atoms with Gasteiger partial charge in [0.15, 0.2) is 0 Å². The van der Waals surface area contributed by atoms with Gasteiger partial charge in [0.2, 0.25) is 0 Å². The van der Waals surface area contributed by atoms with Crippen molar-refractivity contribution in [2.24, 2.45) is 0 Å². The van der Waals surface area contributed by atoms with E-state index >= 15 is 0 Å². The lowest BCUT2D eigenvalue weighted by Gasteiger charge is -2.15. The fourth-order valence-electron chi connectivity index (χ4n) is 2.38. The zero-order chi connectivity index (χ0) is 13.1. The van der Waals surface area contributed by atoms with Crippen molar-refractivity contribution < 1.29 is 0 Å². The van der Waals surface area contributed by atoms with E-state index in [1.807, 2.05) is 6.07 Å². The maximum absolute atomic E-state index is 4.66. The van der Waals surface area contributed by atoms with Crippen molar-refractivity contribution in [2.45, 2.75) is 25.4 Å². The maximum atomic E-state index is 4.66. The van der Waals surface area contributed by atoms with Gasteiger partial charge in [-0.25, -0.2) is 0 Å². The maximum Gasteiger partial charge on any atom is 0.0705 e. The van der Waals surface area contributed by atoms with Crippen molar-refractivity contribution in [2.75, 3.05) is 20.1 Å². The minimum absolute atomic E-state index is 0.848. The first-order valence-corrected chi connectivity index (χ1v) is 7.08. The lowest BCUT2D eigenvalue weighted by Crippen LogP contribution is -2.30. The van der Waals surface area contributed by atoms with E-state index in [0.29, 0.717) is 0 Å². The molecule has 3 nitrogen and oxygen atoms in total. The summed E-state index contributed by atoms with van der Waals surface area (Å²) in [5.74, 6) is 0. The van der Waals surface area contributed by atoms with Gasteiger partial charge in [-0.15, -0.1) is 0 Å². The summed E-state index contributed by atoms with van der Waals surface area (Å²) in [5, 5.41) is 4.68. The molecule has 100 valence electrons. The van der Waals surface area contributed by atoms with E-state index in [1.54, 1.807) is 0 Å². The van der Waals surface area contributed by atoms with Crippen LogP contribution < -0.4 is 5.32 Å². The Labute approximate surface area is 114 Å². The number of fused-ring (bicyclic) bond motifs is 1. The van der Waals surface area contributed by atoms with Gasteiger partial charge in [-0.3, -0.25) is 4.98 Å². The van der Waals surface area contributed by atoms with Gasteiger partial charge in [0.25, 0.3) is 0 Å². The molecule has 0 saturated heterocycles. The minimum Gasteiger partial charge on any atom is -0.310 e. The summed E-state index contributed by atoms with van der Waals surface area (Å²) in [5.41, 5.74) is 2.20. The summed E-state index contributed by atoms with van der Waals surface area (Å²) >= 11 is 0. The van der Waals surface area contributed by atoms with E-state index in [2.05, 4.69) is 52.6 Å². The highest BCUT2D eigenvalue weighted by molar-refractivity contribution is 5.78. The molecular formula is C16H21N3. The number of likely N-dealkylation sites (N-methyl/N-ethyl adjacent to an activating group) is 1. The number of pyridine rings is 1. The average Bonchev–Trinajstić information content (AvgIpc) is 3.28. The molecule has 0 atom stereocenters. The number of nitrogens with one attached hydrogen (secondary N) is 1. The average molecular weight is 255 g/mol. The molecule has 1 heterocycles. The van der Waals surface area contributed by atoms with Crippen LogP contribution in [-0.2, 0) is 6.54 Å². The fraction of sp³-hybridized carbons (Fsp3) is 0.438. The predicted molar refractivity (Wildman–Crippen MR) is 79.1 cm³/mol. The molecule has 0 bridgehead atoms. The lowest BCUT2D eigenvalue weighted by molar-refractivity contribution is 0.321. The zero-order valence-corrected chi connectivity index (χ0v) is 11.5. The molecule has 3 rings (SSSR count). The van der Waals surface area contributed by atoms with Gasteiger partial charge in [-0.05, 0) is 32.0 Å². The summed E-state index contributed by atoms with van der Waals surface area (Å²) in [7, 11) is 2.22. The summed E-state index contributed by atoms with van der Waals surface area (Å²) in [4.78, 5) is 7.11. The fourth-order valence-corrected chi connectivity index (χ4v) is 2.38. The van der Waals surface area contributed by atoms with Crippen LogP contribution in [0, 0.1) is 0 Å². The summed E-state index contributed by atoms with van der Waals surface area (Å²) in [6.07, 6.45) is 2.76. The number of benzene rings is 1. The van der Waals surface area contributed by atoms with Crippen LogP contribution in [0.2, 0.25) is 0 Å². The molecule has 3 heteroatoms.